The fraction of sp³-hybridized carbons (Fsp3) is 0.941. The molecule has 0 rings (SSSR count). The summed E-state index contributed by atoms with van der Waals surface area (Å²) in [5, 5.41) is 111. The molecule has 13 N–H and O–H groups in total. The highest BCUT2D eigenvalue weighted by Crippen LogP contribution is 2.07. The molecule has 0 aromatic heterocycles. The zero-order valence-corrected chi connectivity index (χ0v) is 18.0. The van der Waals surface area contributed by atoms with Crippen molar-refractivity contribution in [2.24, 2.45) is 0 Å². The molecule has 0 aliphatic heterocycles. The maximum atomic E-state index is 10.4. The van der Waals surface area contributed by atoms with E-state index in [-0.39, 0.29) is 19.6 Å². The molecule has 0 heterocycles. The lowest BCUT2D eigenvalue weighted by Crippen LogP contribution is -2.50. The van der Waals surface area contributed by atoms with E-state index in [0.717, 1.165) is 0 Å². The summed E-state index contributed by atoms with van der Waals surface area (Å²) in [6.45, 7) is -1.86. The molecular formula is C17H38N2O13. The Morgan fingerprint density at radius 2 is 1.09 bits per heavy atom. The van der Waals surface area contributed by atoms with Gasteiger partial charge in [0.1, 0.15) is 36.6 Å². The van der Waals surface area contributed by atoms with Gasteiger partial charge in [0, 0.05) is 19.6 Å². The molecule has 0 aliphatic rings. The summed E-state index contributed by atoms with van der Waals surface area (Å²) in [5.74, 6) is -1.42. The third-order valence-corrected chi connectivity index (χ3v) is 4.33. The van der Waals surface area contributed by atoms with Gasteiger partial charge in [-0.15, -0.1) is 0 Å². The number of carboxylic acids is 1. The van der Waals surface area contributed by atoms with Gasteiger partial charge in [0.15, 0.2) is 6.10 Å². The molecule has 15 heteroatoms. The fourth-order valence-corrected chi connectivity index (χ4v) is 2.33. The smallest absolute Gasteiger partial charge is 0.333 e. The lowest BCUT2D eigenvalue weighted by molar-refractivity contribution is -0.148. The van der Waals surface area contributed by atoms with Gasteiger partial charge in [-0.05, 0) is 14.1 Å². The van der Waals surface area contributed by atoms with E-state index in [1.165, 1.54) is 11.9 Å². The number of carbonyl (C=O) groups is 1. The molecule has 0 saturated carbocycles. The number of carboxylic acid groups (broad SMARTS) is 1. The van der Waals surface area contributed by atoms with E-state index in [1.54, 1.807) is 7.05 Å². The number of aliphatic hydroxyl groups is 11. The number of hydrogen-bond acceptors (Lipinski definition) is 14. The van der Waals surface area contributed by atoms with Crippen LogP contribution in [0.15, 0.2) is 0 Å². The summed E-state index contributed by atoms with van der Waals surface area (Å²) in [5.41, 5.74) is 0. The minimum Gasteiger partial charge on any atom is -0.479 e. The van der Waals surface area contributed by atoms with E-state index in [0.29, 0.717) is 0 Å². The number of nitrogens with zero attached hydrogens (tertiary/aromatic N) is 1. The number of hydrogen-bond donors (Lipinski definition) is 13. The first-order chi connectivity index (χ1) is 14.7. The van der Waals surface area contributed by atoms with Crippen molar-refractivity contribution >= 4 is 5.97 Å². The van der Waals surface area contributed by atoms with Crippen molar-refractivity contribution in [2.45, 2.75) is 54.9 Å². The predicted octanol–water partition coefficient (Wildman–Crippen LogP) is -7.56. The minimum absolute atomic E-state index is 0.0936. The second-order valence-corrected chi connectivity index (χ2v) is 7.23. The van der Waals surface area contributed by atoms with Crippen LogP contribution in [0.5, 0.6) is 0 Å². The topological polar surface area (TPSA) is 275 Å². The number of aliphatic hydroxyl groups excluding tert-OH is 11. The van der Waals surface area contributed by atoms with Gasteiger partial charge in [-0.1, -0.05) is 0 Å². The molecule has 0 saturated heterocycles. The summed E-state index contributed by atoms with van der Waals surface area (Å²) >= 11 is 0. The van der Waals surface area contributed by atoms with Crippen molar-refractivity contribution in [1.29, 1.82) is 0 Å². The zero-order valence-electron chi connectivity index (χ0n) is 18.0. The van der Waals surface area contributed by atoms with Gasteiger partial charge in [0.05, 0.1) is 25.4 Å². The summed E-state index contributed by atoms with van der Waals surface area (Å²) in [6, 6.07) is 0. The van der Waals surface area contributed by atoms with Crippen molar-refractivity contribution in [3.63, 3.8) is 0 Å². The van der Waals surface area contributed by atoms with Crippen molar-refractivity contribution in [3.8, 4) is 0 Å². The highest BCUT2D eigenvalue weighted by atomic mass is 16.4. The van der Waals surface area contributed by atoms with Crippen molar-refractivity contribution in [2.75, 3.05) is 46.9 Å². The first-order valence-electron chi connectivity index (χ1n) is 9.65. The highest BCUT2D eigenvalue weighted by molar-refractivity contribution is 5.72. The highest BCUT2D eigenvalue weighted by Gasteiger charge is 2.31. The molecule has 0 spiro atoms. The average molecular weight is 478 g/mol. The zero-order chi connectivity index (χ0) is 25.6. The van der Waals surface area contributed by atoms with Crippen LogP contribution in [0.25, 0.3) is 0 Å². The first kappa shape index (κ1) is 33.1. The summed E-state index contributed by atoms with van der Waals surface area (Å²) in [7, 11) is 2.97. The van der Waals surface area contributed by atoms with Crippen LogP contribution in [0.4, 0.5) is 0 Å². The molecule has 32 heavy (non-hydrogen) atoms. The SMILES string of the molecule is CN(CC(O)C(=O)O)C[C@H](O)[C@@H](O)[C@H](O)[C@H](O)CO.CNC[C@H](O)[C@@H](O)[C@H](O)[C@H](O)CO. The standard InChI is InChI=1S/C10H21NO8.C7H17NO5/c1-11(3-6(14)10(18)19)2-5(13)8(16)9(17)7(15)4-12;1-8-2-4(10)6(12)7(13)5(11)3-9/h5-9,12-17H,2-4H2,1H3,(H,18,19);4-13H,2-3H2,1H3/t5-,6?,7+,8+,9+;4-,5+,6+,7+/m00/s1. The van der Waals surface area contributed by atoms with E-state index in [9.17, 15) is 25.2 Å². The molecule has 0 bridgehead atoms. The molecule has 15 nitrogen and oxygen atoms in total. The summed E-state index contributed by atoms with van der Waals surface area (Å²) < 4.78 is 0. The van der Waals surface area contributed by atoms with Crippen molar-refractivity contribution in [1.82, 2.24) is 10.2 Å². The van der Waals surface area contributed by atoms with Crippen molar-refractivity contribution < 1.29 is 66.1 Å². The van der Waals surface area contributed by atoms with Crippen LogP contribution >= 0.6 is 0 Å². The van der Waals surface area contributed by atoms with Crippen LogP contribution in [0.2, 0.25) is 0 Å². The molecule has 0 fully saturated rings. The Morgan fingerprint density at radius 1 is 0.719 bits per heavy atom. The van der Waals surface area contributed by atoms with E-state index >= 15 is 0 Å². The van der Waals surface area contributed by atoms with Crippen LogP contribution < -0.4 is 5.32 Å². The normalized spacial score (nSPS) is 20.2. The molecule has 1 unspecified atom stereocenters. The molecule has 0 aliphatic carbocycles. The third-order valence-electron chi connectivity index (χ3n) is 4.33. The maximum absolute atomic E-state index is 10.4. The van der Waals surface area contributed by atoms with E-state index in [1.807, 2.05) is 0 Å². The van der Waals surface area contributed by atoms with Gasteiger partial charge in [0.25, 0.3) is 0 Å². The molecular weight excluding hydrogens is 440 g/mol. The van der Waals surface area contributed by atoms with Crippen LogP contribution in [-0.2, 0) is 4.79 Å². The largest absolute Gasteiger partial charge is 0.479 e. The van der Waals surface area contributed by atoms with Crippen molar-refractivity contribution in [3.05, 3.63) is 0 Å². The number of nitrogens with one attached hydrogen (secondary N) is 1. The Labute approximate surface area is 185 Å². The van der Waals surface area contributed by atoms with Crippen LogP contribution in [0.1, 0.15) is 0 Å². The summed E-state index contributed by atoms with van der Waals surface area (Å²) in [6.07, 6.45) is -13.8. The molecule has 0 amide bonds. The number of rotatable bonds is 15. The Hall–Kier alpha value is -1.05. The van der Waals surface area contributed by atoms with Gasteiger partial charge in [-0.3, -0.25) is 0 Å². The lowest BCUT2D eigenvalue weighted by atomic mass is 10.0. The van der Waals surface area contributed by atoms with E-state index in [2.05, 4.69) is 5.32 Å². The summed E-state index contributed by atoms with van der Waals surface area (Å²) in [4.78, 5) is 11.6. The Bertz CT molecular complexity index is 489. The van der Waals surface area contributed by atoms with Gasteiger partial charge in [-0.2, -0.15) is 0 Å². The van der Waals surface area contributed by atoms with Crippen LogP contribution in [-0.4, -0.2) is 174 Å². The second kappa shape index (κ2) is 17.4. The quantitative estimate of drug-likeness (QED) is 0.104. The van der Waals surface area contributed by atoms with Crippen LogP contribution in [0, 0.1) is 0 Å². The molecule has 9 atom stereocenters. The van der Waals surface area contributed by atoms with Gasteiger partial charge in [-0.25, -0.2) is 4.79 Å². The van der Waals surface area contributed by atoms with E-state index in [4.69, 9.17) is 40.9 Å². The lowest BCUT2D eigenvalue weighted by Gasteiger charge is -2.28. The molecule has 194 valence electrons. The Kier molecular flexibility index (Phi) is 18.0. The average Bonchev–Trinajstić information content (AvgIpc) is 2.75. The van der Waals surface area contributed by atoms with Gasteiger partial charge < -0.3 is 71.5 Å². The predicted molar refractivity (Wildman–Crippen MR) is 107 cm³/mol. The van der Waals surface area contributed by atoms with Gasteiger partial charge in [0.2, 0.25) is 0 Å². The Morgan fingerprint density at radius 3 is 1.44 bits per heavy atom. The number of likely N-dealkylation sites (N-methyl/N-ethyl adjacent to an activating group) is 2. The minimum atomic E-state index is -1.74. The fourth-order valence-electron chi connectivity index (χ4n) is 2.33. The molecule has 0 radical (unpaired) electrons. The Balaban J connectivity index is 0. The third kappa shape index (κ3) is 12.9. The second-order valence-electron chi connectivity index (χ2n) is 7.23. The monoisotopic (exact) mass is 478 g/mol. The van der Waals surface area contributed by atoms with Gasteiger partial charge >= 0.3 is 5.97 Å². The first-order valence-corrected chi connectivity index (χ1v) is 9.65. The van der Waals surface area contributed by atoms with E-state index < -0.39 is 74.1 Å². The molecule has 0 aromatic carbocycles. The maximum Gasteiger partial charge on any atom is 0.333 e. The number of aliphatic carboxylic acids is 1. The van der Waals surface area contributed by atoms with Crippen LogP contribution in [0.3, 0.4) is 0 Å². The molecule has 0 aromatic rings.